The summed E-state index contributed by atoms with van der Waals surface area (Å²) in [5.74, 6) is -0.0665. The Balaban J connectivity index is 3.03. The van der Waals surface area contributed by atoms with Gasteiger partial charge < -0.3 is 0 Å². The molecule has 0 heterocycles. The van der Waals surface area contributed by atoms with E-state index >= 15 is 0 Å². The van der Waals surface area contributed by atoms with Crippen LogP contribution < -0.4 is 0 Å². The molecule has 0 aliphatic heterocycles. The van der Waals surface area contributed by atoms with Crippen LogP contribution in [0.5, 0.6) is 5.75 Å². The molecule has 5 heteroatoms. The van der Waals surface area contributed by atoms with Gasteiger partial charge in [0.2, 0.25) is 0 Å². The molecule has 0 spiro atoms. The van der Waals surface area contributed by atoms with E-state index in [9.17, 15) is 4.91 Å². The zero-order chi connectivity index (χ0) is 8.27. The molecule has 0 unspecified atom stereocenters. The van der Waals surface area contributed by atoms with Crippen molar-refractivity contribution in [3.63, 3.8) is 0 Å². The number of aromatic hydroxyl groups is 1. The van der Waals surface area contributed by atoms with Crippen LogP contribution in [0.15, 0.2) is 24.3 Å². The van der Waals surface area contributed by atoms with Crippen LogP contribution in [0.4, 0.5) is 5.69 Å². The van der Waals surface area contributed by atoms with E-state index in [1.807, 2.05) is 0 Å². The average Bonchev–Trinajstić information content (AvgIpc) is 2.04. The molecular formula is C6H5NO3Tl+. The Hall–Kier alpha value is -0.658. The van der Waals surface area contributed by atoms with Crippen LogP contribution in [0.1, 0.15) is 0 Å². The van der Waals surface area contributed by atoms with Crippen LogP contribution in [0.25, 0.3) is 0 Å². The summed E-state index contributed by atoms with van der Waals surface area (Å²) in [6, 6.07) is 6.22. The number of hydrogen-bond donors (Lipinski definition) is 1. The molecule has 0 saturated carbocycles. The summed E-state index contributed by atoms with van der Waals surface area (Å²) >= 11 is 0.122. The first-order chi connectivity index (χ1) is 5.25. The van der Waals surface area contributed by atoms with Gasteiger partial charge in [0.25, 0.3) is 0 Å². The molecule has 11 heavy (non-hydrogen) atoms. The number of rotatable bonds is 2. The van der Waals surface area contributed by atoms with E-state index in [-0.39, 0.29) is 37.7 Å². The zero-order valence-electron chi connectivity index (χ0n) is 5.60. The van der Waals surface area contributed by atoms with Crippen molar-refractivity contribution >= 4 is 31.9 Å². The maximum absolute atomic E-state index is 10.8. The third-order valence-corrected chi connectivity index (χ3v) is 1.92. The molecule has 54 valence electrons. The Morgan fingerprint density at radius 1 is 1.45 bits per heavy atom. The molecule has 1 aromatic carbocycles. The number of hydrogen-bond acceptors (Lipinski definition) is 3. The van der Waals surface area contributed by atoms with Crippen molar-refractivity contribution in [3.05, 3.63) is 29.2 Å². The van der Waals surface area contributed by atoms with Gasteiger partial charge in [-0.1, -0.05) is 0 Å². The summed E-state index contributed by atoms with van der Waals surface area (Å²) in [7, 11) is 0. The first kappa shape index (κ1) is 8.44. The molecule has 1 N–H and O–H groups in total. The van der Waals surface area contributed by atoms with E-state index in [1.54, 1.807) is 12.1 Å². The number of para-hydroxylation sites is 2. The summed E-state index contributed by atoms with van der Waals surface area (Å²) in [4.78, 5) is 11.1. The van der Waals surface area contributed by atoms with Gasteiger partial charge in [-0.2, -0.15) is 0 Å². The first-order valence-corrected chi connectivity index (χ1v) is 4.71. The van der Waals surface area contributed by atoms with Crippen molar-refractivity contribution in [1.29, 1.82) is 0 Å². The molecule has 0 fully saturated rings. The van der Waals surface area contributed by atoms with Crippen molar-refractivity contribution in [2.24, 2.45) is 0 Å². The second kappa shape index (κ2) is 3.65. The Bertz CT molecular complexity index is 276. The Morgan fingerprint density at radius 2 is 2.09 bits per heavy atom. The van der Waals surface area contributed by atoms with Crippen LogP contribution in [0, 0.1) is 4.91 Å². The molecule has 0 bridgehead atoms. The minimum atomic E-state index is -0.0665. The second-order valence-electron chi connectivity index (χ2n) is 1.85. The van der Waals surface area contributed by atoms with Crippen LogP contribution in [-0.2, 0) is 2.79 Å². The van der Waals surface area contributed by atoms with E-state index in [0.717, 1.165) is 0 Å². The van der Waals surface area contributed by atoms with Gasteiger partial charge in [-0.25, -0.2) is 0 Å². The first-order valence-electron chi connectivity index (χ1n) is 2.88. The van der Waals surface area contributed by atoms with E-state index in [2.05, 4.69) is 2.79 Å². The van der Waals surface area contributed by atoms with E-state index < -0.39 is 0 Å². The summed E-state index contributed by atoms with van der Waals surface area (Å²) in [5, 5.41) is 9.11. The van der Waals surface area contributed by atoms with Crippen molar-refractivity contribution < 1.29 is 12.8 Å². The van der Waals surface area contributed by atoms with Gasteiger partial charge in [-0.05, 0) is 0 Å². The van der Waals surface area contributed by atoms with Crippen LogP contribution in [0.3, 0.4) is 0 Å². The van der Waals surface area contributed by atoms with Crippen molar-refractivity contribution in [1.82, 2.24) is 0 Å². The molecular weight excluding hydrogens is 338 g/mol. The average molecular weight is 343 g/mol. The zero-order valence-corrected chi connectivity index (χ0v) is 10.1. The molecule has 0 saturated heterocycles. The maximum atomic E-state index is 10.8. The van der Waals surface area contributed by atoms with Gasteiger partial charge in [0, 0.05) is 0 Å². The fourth-order valence-corrected chi connectivity index (χ4v) is 1.12. The Labute approximate surface area is 79.7 Å². The minimum absolute atomic E-state index is 0.0665. The Morgan fingerprint density at radius 3 is 2.64 bits per heavy atom. The second-order valence-corrected chi connectivity index (χ2v) is 2.67. The van der Waals surface area contributed by atoms with Crippen LogP contribution in [-0.4, -0.2) is 36.2 Å². The monoisotopic (exact) mass is 344 g/mol. The summed E-state index contributed by atoms with van der Waals surface area (Å²) in [6.45, 7) is 0. The Kier molecular flexibility index (Phi) is 2.80. The van der Waals surface area contributed by atoms with Crippen molar-refractivity contribution in [2.45, 2.75) is 0 Å². The third kappa shape index (κ3) is 1.89. The van der Waals surface area contributed by atoms with Crippen LogP contribution >= 0.6 is 0 Å². The molecule has 1 aromatic rings. The summed E-state index contributed by atoms with van der Waals surface area (Å²) < 4.78 is 4.50. The van der Waals surface area contributed by atoms with E-state index in [1.165, 1.54) is 12.1 Å². The van der Waals surface area contributed by atoms with Gasteiger partial charge >= 0.3 is 79.6 Å². The standard InChI is InChI=1S/C6H5NO3.Tl/c8-6-4-2-1-3-5(6)7(9)10;/h1-4,8H;/q;+1. The predicted molar refractivity (Wildman–Crippen MR) is 38.2 cm³/mol. The van der Waals surface area contributed by atoms with Crippen LogP contribution in [0.2, 0.25) is 0 Å². The molecule has 0 amide bonds. The van der Waals surface area contributed by atoms with Gasteiger partial charge in [0.1, 0.15) is 0 Å². The predicted octanol–water partition coefficient (Wildman–Crippen LogP) is 0.818. The fourth-order valence-electron chi connectivity index (χ4n) is 0.675. The van der Waals surface area contributed by atoms with E-state index in [4.69, 9.17) is 5.11 Å². The molecule has 0 radical (unpaired) electrons. The molecule has 0 aliphatic carbocycles. The normalized spacial score (nSPS) is 9.00. The quantitative estimate of drug-likeness (QED) is 0.639. The van der Waals surface area contributed by atoms with Gasteiger partial charge in [-0.15, -0.1) is 0 Å². The molecule has 1 rings (SSSR count). The van der Waals surface area contributed by atoms with Gasteiger partial charge in [-0.3, -0.25) is 0 Å². The topological polar surface area (TPSA) is 49.5 Å². The van der Waals surface area contributed by atoms with Gasteiger partial charge in [0.05, 0.1) is 0 Å². The SMILES string of the molecule is O=[N+]([O][Tl])c1ccccc1O. The summed E-state index contributed by atoms with van der Waals surface area (Å²) in [5.41, 5.74) is 0.148. The third-order valence-electron chi connectivity index (χ3n) is 1.17. The number of phenols is 1. The molecule has 0 aromatic heterocycles. The number of benzene rings is 1. The summed E-state index contributed by atoms with van der Waals surface area (Å²) in [6.07, 6.45) is 0. The van der Waals surface area contributed by atoms with Crippen molar-refractivity contribution in [3.8, 4) is 5.75 Å². The number of nitrogens with zero attached hydrogens (tertiary/aromatic N) is 1. The number of phenolic OH excluding ortho intramolecular Hbond substituents is 1. The van der Waals surface area contributed by atoms with E-state index in [0.29, 0.717) is 4.92 Å². The fraction of sp³-hybridized carbons (Fsp3) is 0. The molecule has 4 nitrogen and oxygen atoms in total. The van der Waals surface area contributed by atoms with Gasteiger partial charge in [0.15, 0.2) is 0 Å². The molecule has 0 atom stereocenters. The molecule has 0 aliphatic rings. The van der Waals surface area contributed by atoms with Crippen molar-refractivity contribution in [2.75, 3.05) is 0 Å².